The van der Waals surface area contributed by atoms with Gasteiger partial charge < -0.3 is 20.5 Å². The molecule has 0 unspecified atom stereocenters. The second kappa shape index (κ2) is 9.43. The van der Waals surface area contributed by atoms with E-state index in [0.717, 1.165) is 45.5 Å². The molecule has 1 aromatic heterocycles. The number of nitrogens with one attached hydrogen (secondary N) is 3. The molecule has 3 N–H and O–H groups in total. The Balaban J connectivity index is 1.29. The minimum absolute atomic E-state index is 0.126. The second-order valence-electron chi connectivity index (χ2n) is 8.55. The molecule has 2 amide bonds. The number of rotatable bonds is 6. The van der Waals surface area contributed by atoms with E-state index in [2.05, 4.69) is 33.8 Å². The van der Waals surface area contributed by atoms with Gasteiger partial charge in [-0.3, -0.25) is 9.59 Å². The van der Waals surface area contributed by atoms with Crippen LogP contribution < -0.4 is 10.6 Å². The van der Waals surface area contributed by atoms with Gasteiger partial charge in [0.05, 0.1) is 6.42 Å². The summed E-state index contributed by atoms with van der Waals surface area (Å²) in [5.74, 6) is -0.274. The van der Waals surface area contributed by atoms with Gasteiger partial charge in [-0.05, 0) is 60.4 Å². The Morgan fingerprint density at radius 2 is 1.74 bits per heavy atom. The monoisotopic (exact) mass is 451 g/mol. The van der Waals surface area contributed by atoms with Crippen molar-refractivity contribution in [3.8, 4) is 11.3 Å². The highest BCUT2D eigenvalue weighted by Crippen LogP contribution is 2.28. The zero-order chi connectivity index (χ0) is 23.5. The van der Waals surface area contributed by atoms with Crippen LogP contribution in [0.5, 0.6) is 0 Å². The van der Waals surface area contributed by atoms with Gasteiger partial charge in [0.15, 0.2) is 0 Å². The van der Waals surface area contributed by atoms with Crippen LogP contribution >= 0.6 is 0 Å². The lowest BCUT2D eigenvalue weighted by Gasteiger charge is -2.24. The molecule has 5 rings (SSSR count). The summed E-state index contributed by atoms with van der Waals surface area (Å²) in [4.78, 5) is 31.0. The Hall–Kier alpha value is -4.06. The third-order valence-electron chi connectivity index (χ3n) is 6.30. The minimum atomic E-state index is -0.462. The number of fused-ring (bicyclic) bond motifs is 1. The molecule has 6 heteroatoms. The summed E-state index contributed by atoms with van der Waals surface area (Å²) in [6.45, 7) is 0.590. The number of amides is 2. The van der Waals surface area contributed by atoms with Crippen molar-refractivity contribution in [2.45, 2.75) is 18.9 Å². The molecule has 0 spiro atoms. The van der Waals surface area contributed by atoms with E-state index in [9.17, 15) is 9.59 Å². The number of aromatic amines is 1. The van der Waals surface area contributed by atoms with Crippen LogP contribution in [-0.4, -0.2) is 41.3 Å². The Morgan fingerprint density at radius 1 is 0.971 bits per heavy atom. The number of likely N-dealkylation sites (tertiary alicyclic amines) is 1. The van der Waals surface area contributed by atoms with Crippen molar-refractivity contribution in [2.75, 3.05) is 24.2 Å². The van der Waals surface area contributed by atoms with E-state index in [0.29, 0.717) is 13.0 Å². The van der Waals surface area contributed by atoms with Crippen LogP contribution in [0.4, 0.5) is 11.4 Å². The number of aromatic nitrogens is 1. The van der Waals surface area contributed by atoms with Crippen LogP contribution in [0.1, 0.15) is 18.4 Å². The van der Waals surface area contributed by atoms with E-state index < -0.39 is 6.04 Å². The quantitative estimate of drug-likeness (QED) is 0.384. The first-order chi connectivity index (χ1) is 16.6. The molecule has 2 heterocycles. The lowest BCUT2D eigenvalue weighted by atomic mass is 10.1. The highest BCUT2D eigenvalue weighted by molar-refractivity contribution is 6.01. The van der Waals surface area contributed by atoms with Crippen LogP contribution in [-0.2, 0) is 9.59 Å². The van der Waals surface area contributed by atoms with Gasteiger partial charge in [0.1, 0.15) is 6.04 Å². The Morgan fingerprint density at radius 3 is 2.50 bits per heavy atom. The van der Waals surface area contributed by atoms with Gasteiger partial charge in [-0.15, -0.1) is 0 Å². The molecule has 171 valence electrons. The van der Waals surface area contributed by atoms with Crippen molar-refractivity contribution in [2.24, 2.45) is 0 Å². The first-order valence-corrected chi connectivity index (χ1v) is 11.5. The summed E-state index contributed by atoms with van der Waals surface area (Å²) in [5, 5.41) is 7.16. The average Bonchev–Trinajstić information content (AvgIpc) is 3.52. The normalized spacial score (nSPS) is 15.4. The highest BCUT2D eigenvalue weighted by atomic mass is 16.2. The van der Waals surface area contributed by atoms with E-state index in [1.807, 2.05) is 67.7 Å². The van der Waals surface area contributed by atoms with Gasteiger partial charge in [-0.2, -0.15) is 0 Å². The van der Waals surface area contributed by atoms with Gasteiger partial charge in [-0.25, -0.2) is 0 Å². The number of nitrogens with zero attached hydrogens (tertiary/aromatic N) is 1. The molecule has 1 aliphatic rings. The minimum Gasteiger partial charge on any atom is -0.388 e. The predicted octanol–water partition coefficient (Wildman–Crippen LogP) is 5.06. The van der Waals surface area contributed by atoms with E-state index >= 15 is 0 Å². The maximum atomic E-state index is 13.1. The van der Waals surface area contributed by atoms with Crippen molar-refractivity contribution < 1.29 is 9.59 Å². The van der Waals surface area contributed by atoms with Crippen LogP contribution in [0, 0.1) is 6.42 Å². The number of carbonyl (C=O) groups is 2. The molecular formula is C28H27N4O2. The summed E-state index contributed by atoms with van der Waals surface area (Å²) in [7, 11) is 1.90. The maximum absolute atomic E-state index is 13.1. The fraction of sp³-hybridized carbons (Fsp3) is 0.179. The van der Waals surface area contributed by atoms with Crippen molar-refractivity contribution in [1.82, 2.24) is 9.88 Å². The molecule has 1 saturated heterocycles. The topological polar surface area (TPSA) is 77.2 Å². The molecule has 0 aliphatic carbocycles. The first kappa shape index (κ1) is 21.8. The van der Waals surface area contributed by atoms with Gasteiger partial charge in [0, 0.05) is 41.6 Å². The lowest BCUT2D eigenvalue weighted by Crippen LogP contribution is -2.43. The molecule has 1 fully saturated rings. The molecule has 4 aromatic rings. The van der Waals surface area contributed by atoms with E-state index in [4.69, 9.17) is 0 Å². The lowest BCUT2D eigenvalue weighted by molar-refractivity contribution is -0.133. The molecule has 6 nitrogen and oxygen atoms in total. The van der Waals surface area contributed by atoms with E-state index in [1.165, 1.54) is 0 Å². The summed E-state index contributed by atoms with van der Waals surface area (Å²) >= 11 is 0. The number of hydrogen-bond acceptors (Lipinski definition) is 3. The number of H-pyrrole nitrogens is 1. The largest absolute Gasteiger partial charge is 0.388 e. The zero-order valence-corrected chi connectivity index (χ0v) is 19.0. The SMILES string of the molecule is CNc1ccc(-c2cc3cc(NC(=O)[C@@H]4CCCN4C(=O)[CH]c4ccccc4)ccc3[nH]2)cc1. The van der Waals surface area contributed by atoms with Gasteiger partial charge >= 0.3 is 0 Å². The van der Waals surface area contributed by atoms with Crippen LogP contribution in [0.15, 0.2) is 78.9 Å². The predicted molar refractivity (Wildman–Crippen MR) is 136 cm³/mol. The fourth-order valence-electron chi connectivity index (χ4n) is 4.49. The van der Waals surface area contributed by atoms with Crippen LogP contribution in [0.3, 0.4) is 0 Å². The molecule has 0 saturated carbocycles. The summed E-state index contributed by atoms with van der Waals surface area (Å²) < 4.78 is 0. The standard InChI is InChI=1S/C28H27N4O2/c1-29-22-11-9-20(10-12-22)25-18-21-17-23(13-14-24(21)31-25)30-28(34)26-8-5-15-32(26)27(33)16-19-6-3-2-4-7-19/h2-4,6-7,9-14,16-18,26,29,31H,5,8,15H2,1H3,(H,30,34)/t26-/m0/s1. The van der Waals surface area contributed by atoms with Crippen LogP contribution in [0.2, 0.25) is 0 Å². The van der Waals surface area contributed by atoms with Crippen molar-refractivity contribution >= 4 is 34.1 Å². The van der Waals surface area contributed by atoms with Crippen molar-refractivity contribution in [1.29, 1.82) is 0 Å². The molecular weight excluding hydrogens is 424 g/mol. The molecule has 1 aliphatic heterocycles. The summed E-state index contributed by atoms with van der Waals surface area (Å²) in [6.07, 6.45) is 3.08. The number of benzene rings is 3. The molecule has 3 aromatic carbocycles. The zero-order valence-electron chi connectivity index (χ0n) is 19.0. The van der Waals surface area contributed by atoms with E-state index in [1.54, 1.807) is 11.3 Å². The fourth-order valence-corrected chi connectivity index (χ4v) is 4.49. The molecule has 0 bridgehead atoms. The van der Waals surface area contributed by atoms with Gasteiger partial charge in [0.2, 0.25) is 11.8 Å². The number of anilines is 2. The average molecular weight is 452 g/mol. The first-order valence-electron chi connectivity index (χ1n) is 11.5. The summed E-state index contributed by atoms with van der Waals surface area (Å²) in [6, 6.07) is 25.1. The Labute approximate surface area is 199 Å². The smallest absolute Gasteiger partial charge is 0.247 e. The highest BCUT2D eigenvalue weighted by Gasteiger charge is 2.34. The van der Waals surface area contributed by atoms with Crippen molar-refractivity contribution in [3.05, 3.63) is 90.8 Å². The van der Waals surface area contributed by atoms with E-state index in [-0.39, 0.29) is 11.8 Å². The molecule has 1 atom stereocenters. The molecule has 1 radical (unpaired) electrons. The summed E-state index contributed by atoms with van der Waals surface area (Å²) in [5.41, 5.74) is 5.74. The number of carbonyl (C=O) groups excluding carboxylic acids is 2. The van der Waals surface area contributed by atoms with Gasteiger partial charge in [-0.1, -0.05) is 42.5 Å². The molecule has 34 heavy (non-hydrogen) atoms. The third kappa shape index (κ3) is 4.53. The third-order valence-corrected chi connectivity index (χ3v) is 6.30. The maximum Gasteiger partial charge on any atom is 0.247 e. The van der Waals surface area contributed by atoms with Gasteiger partial charge in [0.25, 0.3) is 0 Å². The van der Waals surface area contributed by atoms with Crippen LogP contribution in [0.25, 0.3) is 22.2 Å². The second-order valence-corrected chi connectivity index (χ2v) is 8.55. The van der Waals surface area contributed by atoms with Crippen molar-refractivity contribution in [3.63, 3.8) is 0 Å². The Bertz CT molecular complexity index is 1310. The Kier molecular flexibility index (Phi) is 6.04. The number of hydrogen-bond donors (Lipinski definition) is 3.